The number of nitrogens with zero attached hydrogens (tertiary/aromatic N) is 1. The lowest BCUT2D eigenvalue weighted by atomic mass is 10.0. The van der Waals surface area contributed by atoms with Crippen molar-refractivity contribution < 1.29 is 14.3 Å². The van der Waals surface area contributed by atoms with Crippen LogP contribution in [0, 0.1) is 0 Å². The highest BCUT2D eigenvalue weighted by molar-refractivity contribution is 5.77. The van der Waals surface area contributed by atoms with Crippen LogP contribution in [0.5, 0.6) is 0 Å². The molecule has 0 aromatic heterocycles. The Labute approximate surface area is 134 Å². The van der Waals surface area contributed by atoms with Crippen molar-refractivity contribution in [2.24, 2.45) is 0 Å². The maximum absolute atomic E-state index is 11.9. The molecule has 5 nitrogen and oxygen atoms in total. The molecule has 0 bridgehead atoms. The number of allylic oxidation sites excluding steroid dienone is 1. The number of amides is 1. The second-order valence-corrected chi connectivity index (χ2v) is 6.57. The Kier molecular flexibility index (Phi) is 7.36. The van der Waals surface area contributed by atoms with E-state index in [1.54, 1.807) is 0 Å². The van der Waals surface area contributed by atoms with Crippen LogP contribution < -0.4 is 5.32 Å². The van der Waals surface area contributed by atoms with E-state index in [2.05, 4.69) is 30.1 Å². The van der Waals surface area contributed by atoms with Gasteiger partial charge in [-0.2, -0.15) is 0 Å². The highest BCUT2D eigenvalue weighted by Gasteiger charge is 2.20. The van der Waals surface area contributed by atoms with Crippen LogP contribution >= 0.6 is 0 Å². The van der Waals surface area contributed by atoms with Gasteiger partial charge in [0.2, 0.25) is 5.91 Å². The third kappa shape index (κ3) is 6.46. The number of hydrogen-bond acceptors (Lipinski definition) is 4. The first-order valence-electron chi connectivity index (χ1n) is 8.48. The lowest BCUT2D eigenvalue weighted by Crippen LogP contribution is -2.45. The molecule has 2 fully saturated rings. The summed E-state index contributed by atoms with van der Waals surface area (Å²) >= 11 is 0. The zero-order valence-corrected chi connectivity index (χ0v) is 14.0. The number of rotatable bonds is 7. The van der Waals surface area contributed by atoms with Crippen LogP contribution in [-0.4, -0.2) is 62.4 Å². The van der Waals surface area contributed by atoms with E-state index in [0.29, 0.717) is 12.6 Å². The zero-order chi connectivity index (χ0) is 15.8. The van der Waals surface area contributed by atoms with E-state index in [0.717, 1.165) is 51.9 Å². The molecule has 0 saturated carbocycles. The molecule has 2 rings (SSSR count). The monoisotopic (exact) mass is 310 g/mol. The van der Waals surface area contributed by atoms with Gasteiger partial charge in [0, 0.05) is 32.3 Å². The summed E-state index contributed by atoms with van der Waals surface area (Å²) in [5.41, 5.74) is 1.36. The summed E-state index contributed by atoms with van der Waals surface area (Å²) in [6.45, 7) is 8.88. The fraction of sp³-hybridized carbons (Fsp3) is 0.824. The number of ether oxygens (including phenoxy) is 2. The van der Waals surface area contributed by atoms with E-state index in [1.807, 2.05) is 0 Å². The normalized spacial score (nSPS) is 23.5. The molecule has 1 unspecified atom stereocenters. The second kappa shape index (κ2) is 9.28. The van der Waals surface area contributed by atoms with Crippen molar-refractivity contribution in [2.45, 2.75) is 51.7 Å². The van der Waals surface area contributed by atoms with Crippen LogP contribution in [0.1, 0.15) is 39.5 Å². The lowest BCUT2D eigenvalue weighted by molar-refractivity contribution is -0.127. The summed E-state index contributed by atoms with van der Waals surface area (Å²) in [6.07, 6.45) is 6.64. The minimum Gasteiger partial charge on any atom is -0.376 e. The van der Waals surface area contributed by atoms with Gasteiger partial charge < -0.3 is 14.8 Å². The van der Waals surface area contributed by atoms with Crippen molar-refractivity contribution in [1.29, 1.82) is 0 Å². The quantitative estimate of drug-likeness (QED) is 0.728. The fourth-order valence-corrected chi connectivity index (χ4v) is 2.90. The van der Waals surface area contributed by atoms with Gasteiger partial charge in [0.15, 0.2) is 0 Å². The van der Waals surface area contributed by atoms with E-state index in [4.69, 9.17) is 9.47 Å². The van der Waals surface area contributed by atoms with Gasteiger partial charge in [-0.25, -0.2) is 0 Å². The fourth-order valence-electron chi connectivity index (χ4n) is 2.90. The Morgan fingerprint density at radius 2 is 2.09 bits per heavy atom. The van der Waals surface area contributed by atoms with Gasteiger partial charge in [-0.15, -0.1) is 0 Å². The molecule has 5 heteroatoms. The molecule has 0 spiro atoms. The third-order valence-electron chi connectivity index (χ3n) is 4.27. The summed E-state index contributed by atoms with van der Waals surface area (Å²) in [5.74, 6) is 0.000690. The first kappa shape index (κ1) is 17.4. The molecule has 2 aliphatic heterocycles. The molecule has 1 atom stereocenters. The summed E-state index contributed by atoms with van der Waals surface area (Å²) in [5, 5.41) is 3.08. The molecule has 2 heterocycles. The molecule has 2 saturated heterocycles. The van der Waals surface area contributed by atoms with Crippen molar-refractivity contribution in [3.8, 4) is 0 Å². The van der Waals surface area contributed by atoms with Crippen LogP contribution in [0.25, 0.3) is 0 Å². The Bertz CT molecular complexity index is 366. The van der Waals surface area contributed by atoms with Crippen molar-refractivity contribution in [3.63, 3.8) is 0 Å². The molecular weight excluding hydrogens is 280 g/mol. The van der Waals surface area contributed by atoms with Gasteiger partial charge in [0.25, 0.3) is 0 Å². The molecular formula is C17H30N2O3. The Morgan fingerprint density at radius 1 is 1.32 bits per heavy atom. The average Bonchev–Trinajstić information content (AvgIpc) is 3.00. The molecule has 2 aliphatic rings. The predicted octanol–water partition coefficient (Wildman–Crippen LogP) is 1.73. The van der Waals surface area contributed by atoms with Gasteiger partial charge in [0.1, 0.15) is 6.61 Å². The number of nitrogens with one attached hydrogen (secondary N) is 1. The first-order valence-corrected chi connectivity index (χ1v) is 8.48. The zero-order valence-electron chi connectivity index (χ0n) is 14.0. The van der Waals surface area contributed by atoms with E-state index in [1.165, 1.54) is 5.57 Å². The van der Waals surface area contributed by atoms with E-state index in [9.17, 15) is 4.79 Å². The Balaban J connectivity index is 1.55. The Morgan fingerprint density at radius 3 is 2.73 bits per heavy atom. The van der Waals surface area contributed by atoms with Crippen LogP contribution in [0.3, 0.4) is 0 Å². The number of hydrogen-bond donors (Lipinski definition) is 1. The number of piperidine rings is 1. The van der Waals surface area contributed by atoms with Gasteiger partial charge in [0.05, 0.1) is 12.7 Å². The van der Waals surface area contributed by atoms with Crippen LogP contribution in [0.2, 0.25) is 0 Å². The van der Waals surface area contributed by atoms with Crippen LogP contribution in [0.15, 0.2) is 11.6 Å². The van der Waals surface area contributed by atoms with Gasteiger partial charge in [-0.05, 0) is 39.5 Å². The molecule has 0 aliphatic carbocycles. The minimum absolute atomic E-state index is 0.000690. The van der Waals surface area contributed by atoms with E-state index < -0.39 is 0 Å². The Hall–Kier alpha value is -0.910. The van der Waals surface area contributed by atoms with Crippen molar-refractivity contribution >= 4 is 5.91 Å². The minimum atomic E-state index is 0.000690. The molecule has 1 amide bonds. The number of carbonyl (C=O) groups excluding carboxylic acids is 1. The van der Waals surface area contributed by atoms with Crippen molar-refractivity contribution in [1.82, 2.24) is 10.2 Å². The largest absolute Gasteiger partial charge is 0.376 e. The van der Waals surface area contributed by atoms with Crippen molar-refractivity contribution in [2.75, 3.05) is 39.5 Å². The second-order valence-electron chi connectivity index (χ2n) is 6.57. The molecule has 126 valence electrons. The smallest absolute Gasteiger partial charge is 0.246 e. The molecule has 0 radical (unpaired) electrons. The molecule has 22 heavy (non-hydrogen) atoms. The van der Waals surface area contributed by atoms with Crippen LogP contribution in [0.4, 0.5) is 0 Å². The van der Waals surface area contributed by atoms with Crippen molar-refractivity contribution in [3.05, 3.63) is 11.6 Å². The number of likely N-dealkylation sites (tertiary alicyclic amines) is 1. The summed E-state index contributed by atoms with van der Waals surface area (Å²) in [6, 6.07) is 0.293. The summed E-state index contributed by atoms with van der Waals surface area (Å²) in [7, 11) is 0. The first-order chi connectivity index (χ1) is 10.6. The highest BCUT2D eigenvalue weighted by atomic mass is 16.5. The van der Waals surface area contributed by atoms with Gasteiger partial charge in [-0.3, -0.25) is 9.69 Å². The molecule has 0 aromatic carbocycles. The maximum atomic E-state index is 11.9. The molecule has 0 aromatic rings. The van der Waals surface area contributed by atoms with Crippen LogP contribution in [-0.2, 0) is 14.3 Å². The predicted molar refractivity (Wildman–Crippen MR) is 86.8 cm³/mol. The number of carbonyl (C=O) groups is 1. The van der Waals surface area contributed by atoms with E-state index >= 15 is 0 Å². The standard InChI is InChI=1S/C17H30N2O3/c1-14(2)5-8-19-9-6-15(7-10-19)18-17(20)13-21-12-16-4-3-11-22-16/h5,15-16H,3-4,6-13H2,1-2H3,(H,18,20). The topological polar surface area (TPSA) is 50.8 Å². The SMILES string of the molecule is CC(C)=CCN1CCC(NC(=O)COCC2CCCO2)CC1. The average molecular weight is 310 g/mol. The summed E-state index contributed by atoms with van der Waals surface area (Å²) < 4.78 is 10.9. The lowest BCUT2D eigenvalue weighted by Gasteiger charge is -2.31. The molecule has 1 N–H and O–H groups in total. The summed E-state index contributed by atoms with van der Waals surface area (Å²) in [4.78, 5) is 14.3. The maximum Gasteiger partial charge on any atom is 0.246 e. The highest BCUT2D eigenvalue weighted by Crippen LogP contribution is 2.12. The third-order valence-corrected chi connectivity index (χ3v) is 4.27. The van der Waals surface area contributed by atoms with Gasteiger partial charge in [-0.1, -0.05) is 11.6 Å². The van der Waals surface area contributed by atoms with E-state index in [-0.39, 0.29) is 18.6 Å². The van der Waals surface area contributed by atoms with Gasteiger partial charge >= 0.3 is 0 Å².